The summed E-state index contributed by atoms with van der Waals surface area (Å²) in [4.78, 5) is 24.6. The number of thiazole rings is 2. The number of benzene rings is 1. The second kappa shape index (κ2) is 7.35. The summed E-state index contributed by atoms with van der Waals surface area (Å²) < 4.78 is 38.1. The zero-order chi connectivity index (χ0) is 21.7. The van der Waals surface area contributed by atoms with Crippen LogP contribution in [0.4, 0.5) is 24.0 Å². The van der Waals surface area contributed by atoms with Crippen molar-refractivity contribution in [2.45, 2.75) is 26.9 Å². The summed E-state index contributed by atoms with van der Waals surface area (Å²) in [6, 6.07) is 5.00. The van der Waals surface area contributed by atoms with E-state index in [2.05, 4.69) is 15.3 Å². The molecule has 2 aromatic heterocycles. The summed E-state index contributed by atoms with van der Waals surface area (Å²) >= 11 is 2.92. The third-order valence-electron chi connectivity index (χ3n) is 5.05. The molecule has 0 atom stereocenters. The lowest BCUT2D eigenvalue weighted by Gasteiger charge is -2.47. The van der Waals surface area contributed by atoms with Gasteiger partial charge in [-0.3, -0.25) is 4.79 Å². The first-order valence-electron chi connectivity index (χ1n) is 9.19. The number of carbonyl (C=O) groups is 1. The number of aromatic nitrogens is 2. The van der Waals surface area contributed by atoms with Crippen LogP contribution in [0.15, 0.2) is 29.6 Å². The van der Waals surface area contributed by atoms with Crippen molar-refractivity contribution in [2.75, 3.05) is 23.3 Å². The van der Waals surface area contributed by atoms with Crippen molar-refractivity contribution >= 4 is 39.4 Å². The number of anilines is 2. The maximum atomic E-state index is 12.8. The average Bonchev–Trinajstić information content (AvgIpc) is 3.24. The lowest BCUT2D eigenvalue weighted by atomic mass is 9.80. The molecule has 1 aliphatic rings. The molecule has 0 spiro atoms. The summed E-state index contributed by atoms with van der Waals surface area (Å²) in [5.41, 5.74) is 1.06. The van der Waals surface area contributed by atoms with Gasteiger partial charge in [0, 0.05) is 24.2 Å². The average molecular weight is 453 g/mol. The molecular formula is C20H19F3N4OS2. The Labute approximate surface area is 179 Å². The minimum atomic E-state index is -4.36. The quantitative estimate of drug-likeness (QED) is 0.578. The molecule has 0 aliphatic carbocycles. The minimum Gasteiger partial charge on any atom is -0.369 e. The van der Waals surface area contributed by atoms with Crippen molar-refractivity contribution < 1.29 is 18.0 Å². The van der Waals surface area contributed by atoms with E-state index in [1.165, 1.54) is 23.5 Å². The Morgan fingerprint density at radius 1 is 1.17 bits per heavy atom. The van der Waals surface area contributed by atoms with E-state index >= 15 is 0 Å². The predicted octanol–water partition coefficient (Wildman–Crippen LogP) is 5.37. The molecule has 30 heavy (non-hydrogen) atoms. The summed E-state index contributed by atoms with van der Waals surface area (Å²) in [5, 5.41) is 6.26. The van der Waals surface area contributed by atoms with E-state index in [9.17, 15) is 18.0 Å². The Hall–Kier alpha value is -2.46. The molecule has 158 valence electrons. The van der Waals surface area contributed by atoms with Crippen LogP contribution in [0, 0.1) is 19.3 Å². The summed E-state index contributed by atoms with van der Waals surface area (Å²) in [7, 11) is 0. The monoisotopic (exact) mass is 452 g/mol. The Balaban J connectivity index is 1.39. The number of carbonyl (C=O) groups excluding carboxylic acids is 1. The van der Waals surface area contributed by atoms with Crippen molar-refractivity contribution in [3.05, 3.63) is 45.9 Å². The molecule has 4 rings (SSSR count). The number of nitrogens with one attached hydrogen (secondary N) is 1. The van der Waals surface area contributed by atoms with Crippen LogP contribution in [-0.4, -0.2) is 29.0 Å². The zero-order valence-electron chi connectivity index (χ0n) is 16.5. The Morgan fingerprint density at radius 2 is 1.83 bits per heavy atom. The van der Waals surface area contributed by atoms with E-state index in [-0.39, 0.29) is 5.91 Å². The first kappa shape index (κ1) is 20.8. The van der Waals surface area contributed by atoms with E-state index in [1.807, 2.05) is 31.1 Å². The molecule has 1 aliphatic heterocycles. The second-order valence-corrected chi connectivity index (χ2v) is 9.66. The van der Waals surface area contributed by atoms with Crippen LogP contribution >= 0.6 is 22.7 Å². The van der Waals surface area contributed by atoms with Crippen LogP contribution in [0.3, 0.4) is 0 Å². The standard InChI is InChI=1S/C20H19F3N4OS2/c1-11-16(30-12(2)24-11)15-8-29-18(25-15)26-17(28)19(3)9-27(10-19)14-6-4-13(5-7-14)20(21,22)23/h4-8H,9-10H2,1-3H3,(H,25,26,28). The number of amides is 1. The number of hydrogen-bond donors (Lipinski definition) is 1. The highest BCUT2D eigenvalue weighted by Gasteiger charge is 2.45. The normalized spacial score (nSPS) is 15.7. The highest BCUT2D eigenvalue weighted by molar-refractivity contribution is 7.16. The fraction of sp³-hybridized carbons (Fsp3) is 0.350. The van der Waals surface area contributed by atoms with Gasteiger partial charge in [-0.05, 0) is 45.0 Å². The van der Waals surface area contributed by atoms with Gasteiger partial charge >= 0.3 is 6.18 Å². The second-order valence-electron chi connectivity index (χ2n) is 7.60. The molecule has 1 N–H and O–H groups in total. The summed E-state index contributed by atoms with van der Waals surface area (Å²) in [6.45, 7) is 6.57. The number of hydrogen-bond acceptors (Lipinski definition) is 6. The van der Waals surface area contributed by atoms with E-state index < -0.39 is 17.2 Å². The van der Waals surface area contributed by atoms with Crippen LogP contribution in [0.25, 0.3) is 10.6 Å². The van der Waals surface area contributed by atoms with Crippen LogP contribution < -0.4 is 10.2 Å². The molecule has 3 aromatic rings. The van der Waals surface area contributed by atoms with Crippen molar-refractivity contribution in [3.63, 3.8) is 0 Å². The minimum absolute atomic E-state index is 0.149. The maximum Gasteiger partial charge on any atom is 0.416 e. The number of alkyl halides is 3. The molecule has 0 bridgehead atoms. The molecule has 1 fully saturated rings. The van der Waals surface area contributed by atoms with Gasteiger partial charge in [-0.25, -0.2) is 9.97 Å². The van der Waals surface area contributed by atoms with Gasteiger partial charge in [-0.1, -0.05) is 0 Å². The van der Waals surface area contributed by atoms with Gasteiger partial charge in [0.25, 0.3) is 0 Å². The molecule has 5 nitrogen and oxygen atoms in total. The molecule has 1 saturated heterocycles. The fourth-order valence-electron chi connectivity index (χ4n) is 3.44. The van der Waals surface area contributed by atoms with Gasteiger partial charge in [-0.2, -0.15) is 13.2 Å². The molecule has 10 heteroatoms. The third-order valence-corrected chi connectivity index (χ3v) is 6.90. The molecular weight excluding hydrogens is 433 g/mol. The van der Waals surface area contributed by atoms with Crippen molar-refractivity contribution in [3.8, 4) is 10.6 Å². The van der Waals surface area contributed by atoms with Crippen LogP contribution in [0.1, 0.15) is 23.2 Å². The summed E-state index contributed by atoms with van der Waals surface area (Å²) in [5.74, 6) is -0.149. The molecule has 0 radical (unpaired) electrons. The first-order valence-corrected chi connectivity index (χ1v) is 10.9. The van der Waals surface area contributed by atoms with E-state index in [1.54, 1.807) is 11.3 Å². The topological polar surface area (TPSA) is 58.1 Å². The van der Waals surface area contributed by atoms with E-state index in [0.29, 0.717) is 23.9 Å². The predicted molar refractivity (Wildman–Crippen MR) is 113 cm³/mol. The van der Waals surface area contributed by atoms with Gasteiger partial charge in [0.1, 0.15) is 0 Å². The van der Waals surface area contributed by atoms with Crippen molar-refractivity contribution in [1.29, 1.82) is 0 Å². The molecule has 0 saturated carbocycles. The van der Waals surface area contributed by atoms with Crippen LogP contribution in [0.2, 0.25) is 0 Å². The van der Waals surface area contributed by atoms with Crippen LogP contribution in [-0.2, 0) is 11.0 Å². The number of rotatable bonds is 4. The smallest absolute Gasteiger partial charge is 0.369 e. The molecule has 1 aromatic carbocycles. The number of halogens is 3. The Kier molecular flexibility index (Phi) is 5.09. The number of nitrogens with zero attached hydrogens (tertiary/aromatic N) is 3. The zero-order valence-corrected chi connectivity index (χ0v) is 18.1. The van der Waals surface area contributed by atoms with Crippen LogP contribution in [0.5, 0.6) is 0 Å². The van der Waals surface area contributed by atoms with Gasteiger partial charge in [0.05, 0.1) is 32.3 Å². The maximum absolute atomic E-state index is 12.8. The first-order chi connectivity index (χ1) is 14.0. The van der Waals surface area contributed by atoms with E-state index in [4.69, 9.17) is 0 Å². The molecule has 3 heterocycles. The Morgan fingerprint density at radius 3 is 2.40 bits per heavy atom. The number of aryl methyl sites for hydroxylation is 2. The third kappa shape index (κ3) is 3.93. The molecule has 1 amide bonds. The summed E-state index contributed by atoms with van der Waals surface area (Å²) in [6.07, 6.45) is -4.36. The SMILES string of the molecule is Cc1nc(C)c(-c2csc(NC(=O)C3(C)CN(c4ccc(C(F)(F)F)cc4)C3)n2)s1. The van der Waals surface area contributed by atoms with Gasteiger partial charge in [0.15, 0.2) is 5.13 Å². The molecule has 0 unspecified atom stereocenters. The van der Waals surface area contributed by atoms with E-state index in [0.717, 1.165) is 33.4 Å². The largest absolute Gasteiger partial charge is 0.416 e. The highest BCUT2D eigenvalue weighted by Crippen LogP contribution is 2.38. The van der Waals surface area contributed by atoms with Gasteiger partial charge < -0.3 is 10.2 Å². The fourth-order valence-corrected chi connectivity index (χ4v) is 5.09. The van der Waals surface area contributed by atoms with Gasteiger partial charge in [0.2, 0.25) is 5.91 Å². The highest BCUT2D eigenvalue weighted by atomic mass is 32.1. The van der Waals surface area contributed by atoms with Gasteiger partial charge in [-0.15, -0.1) is 22.7 Å². The Bertz CT molecular complexity index is 1080. The van der Waals surface area contributed by atoms with Crippen molar-refractivity contribution in [2.24, 2.45) is 5.41 Å². The lowest BCUT2D eigenvalue weighted by molar-refractivity contribution is -0.137. The van der Waals surface area contributed by atoms with Crippen molar-refractivity contribution in [1.82, 2.24) is 9.97 Å². The lowest BCUT2D eigenvalue weighted by Crippen LogP contribution is -2.60.